The number of aliphatic carboxylic acids is 1. The number of allylic oxidation sites excluding steroid dienone is 6. The molecule has 35 heavy (non-hydrogen) atoms. The van der Waals surface area contributed by atoms with Crippen LogP contribution in [0.15, 0.2) is 34.9 Å². The van der Waals surface area contributed by atoms with Crippen LogP contribution in [0.5, 0.6) is 0 Å². The molecule has 0 aliphatic heterocycles. The van der Waals surface area contributed by atoms with Gasteiger partial charge in [-0.05, 0) is 77.0 Å². The summed E-state index contributed by atoms with van der Waals surface area (Å²) in [5, 5.41) is 10.4. The Bertz CT molecular complexity index is 627. The van der Waals surface area contributed by atoms with E-state index >= 15 is 0 Å². The Hall–Kier alpha value is -1.31. The molecule has 0 radical (unpaired) electrons. The first-order valence-electron chi connectivity index (χ1n) is 15.5. The molecule has 1 N–H and O–H groups in total. The van der Waals surface area contributed by atoms with Crippen molar-refractivity contribution in [2.24, 2.45) is 5.41 Å². The number of rotatable bonds is 5. The molecule has 3 aliphatic rings. The summed E-state index contributed by atoms with van der Waals surface area (Å²) in [6, 6.07) is 0. The molecule has 3 aliphatic carbocycles. The molecule has 0 atom stereocenters. The Morgan fingerprint density at radius 3 is 1.11 bits per heavy atom. The smallest absolute Gasteiger partial charge is 0.304 e. The van der Waals surface area contributed by atoms with Crippen molar-refractivity contribution in [3.8, 4) is 0 Å². The van der Waals surface area contributed by atoms with Crippen molar-refractivity contribution in [2.45, 2.75) is 161 Å². The van der Waals surface area contributed by atoms with Crippen molar-refractivity contribution in [1.82, 2.24) is 0 Å². The van der Waals surface area contributed by atoms with E-state index in [-0.39, 0.29) is 11.8 Å². The van der Waals surface area contributed by atoms with E-state index in [2.05, 4.69) is 18.2 Å². The number of hydrogen-bond donors (Lipinski definition) is 1. The minimum absolute atomic E-state index is 0.260. The summed E-state index contributed by atoms with van der Waals surface area (Å²) in [6.07, 6.45) is 37.8. The molecule has 0 aromatic rings. The first kappa shape index (κ1) is 28.3. The Morgan fingerprint density at radius 2 is 0.800 bits per heavy atom. The quantitative estimate of drug-likeness (QED) is 0.396. The zero-order valence-corrected chi connectivity index (χ0v) is 22.8. The third kappa shape index (κ3) is 9.25. The molecule has 2 heteroatoms. The maximum atomic E-state index is 12.7. The minimum Gasteiger partial charge on any atom is -0.481 e. The minimum atomic E-state index is -0.612. The zero-order chi connectivity index (χ0) is 24.6. The van der Waals surface area contributed by atoms with Gasteiger partial charge < -0.3 is 5.11 Å². The highest BCUT2D eigenvalue weighted by atomic mass is 16.4. The molecule has 0 unspecified atom stereocenters. The number of hydrogen-bond acceptors (Lipinski definition) is 1. The summed E-state index contributed by atoms with van der Waals surface area (Å²) in [4.78, 5) is 12.7. The van der Waals surface area contributed by atoms with E-state index in [1.807, 2.05) is 0 Å². The number of carboxylic acid groups (broad SMARTS) is 1. The van der Waals surface area contributed by atoms with Crippen LogP contribution in [-0.4, -0.2) is 11.1 Å². The van der Waals surface area contributed by atoms with E-state index in [0.717, 1.165) is 38.5 Å². The van der Waals surface area contributed by atoms with Crippen molar-refractivity contribution < 1.29 is 9.90 Å². The van der Waals surface area contributed by atoms with Gasteiger partial charge in [0.15, 0.2) is 0 Å². The zero-order valence-electron chi connectivity index (χ0n) is 22.8. The van der Waals surface area contributed by atoms with Crippen LogP contribution in [-0.2, 0) is 4.79 Å². The van der Waals surface area contributed by atoms with Crippen LogP contribution < -0.4 is 0 Å². The van der Waals surface area contributed by atoms with Crippen LogP contribution in [0.1, 0.15) is 161 Å². The summed E-state index contributed by atoms with van der Waals surface area (Å²) in [5.74, 6) is -0.612. The fourth-order valence-electron chi connectivity index (χ4n) is 6.98. The van der Waals surface area contributed by atoms with Crippen LogP contribution in [0.2, 0.25) is 0 Å². The van der Waals surface area contributed by atoms with Gasteiger partial charge in [0.25, 0.3) is 0 Å². The third-order valence-electron chi connectivity index (χ3n) is 8.93. The van der Waals surface area contributed by atoms with Crippen LogP contribution in [0.3, 0.4) is 0 Å². The first-order chi connectivity index (χ1) is 17.2. The Morgan fingerprint density at radius 1 is 0.514 bits per heavy atom. The highest BCUT2D eigenvalue weighted by Crippen LogP contribution is 2.52. The van der Waals surface area contributed by atoms with Crippen molar-refractivity contribution in [3.63, 3.8) is 0 Å². The molecule has 3 rings (SSSR count). The highest BCUT2D eigenvalue weighted by molar-refractivity contribution is 5.71. The molecule has 0 spiro atoms. The summed E-state index contributed by atoms with van der Waals surface area (Å²) in [5.41, 5.74) is 4.07. The fraction of sp³-hybridized carbons (Fsp3) is 0.788. The average molecular weight is 483 g/mol. The van der Waals surface area contributed by atoms with Gasteiger partial charge in [-0.3, -0.25) is 4.79 Å². The number of carboxylic acids is 1. The fourth-order valence-corrected chi connectivity index (χ4v) is 6.98. The maximum absolute atomic E-state index is 12.7. The van der Waals surface area contributed by atoms with E-state index < -0.39 is 5.97 Å². The molecule has 0 bridgehead atoms. The molecule has 198 valence electrons. The van der Waals surface area contributed by atoms with Crippen LogP contribution >= 0.6 is 0 Å². The molecule has 0 aromatic carbocycles. The summed E-state index contributed by atoms with van der Waals surface area (Å²) < 4.78 is 0. The van der Waals surface area contributed by atoms with Gasteiger partial charge in [-0.15, -0.1) is 0 Å². The van der Waals surface area contributed by atoms with Crippen molar-refractivity contribution in [3.05, 3.63) is 34.9 Å². The first-order valence-corrected chi connectivity index (χ1v) is 15.5. The number of carbonyl (C=O) groups is 1. The second-order valence-corrected chi connectivity index (χ2v) is 11.6. The summed E-state index contributed by atoms with van der Waals surface area (Å²) in [7, 11) is 0. The van der Waals surface area contributed by atoms with Gasteiger partial charge in [0.1, 0.15) is 0 Å². The third-order valence-corrected chi connectivity index (χ3v) is 8.93. The van der Waals surface area contributed by atoms with Crippen molar-refractivity contribution >= 4 is 5.97 Å². The second kappa shape index (κ2) is 16.4. The van der Waals surface area contributed by atoms with Gasteiger partial charge in [-0.1, -0.05) is 112 Å². The average Bonchev–Trinajstić information content (AvgIpc) is 2.87. The standard InChI is InChI=1S/C33H54O2/c34-32(35)28-33(29-22-16-10-4-1-5-11-17-23-29,30-24-18-12-6-2-7-13-19-25-30)31-26-20-14-8-3-9-15-21-27-31/h22,24,26H,1-21,23,25,27-28H2,(H,34,35). The van der Waals surface area contributed by atoms with E-state index in [0.29, 0.717) is 0 Å². The van der Waals surface area contributed by atoms with Gasteiger partial charge in [0.05, 0.1) is 6.42 Å². The topological polar surface area (TPSA) is 37.3 Å². The normalized spacial score (nSPS) is 24.6. The molecule has 0 aromatic heterocycles. The van der Waals surface area contributed by atoms with Gasteiger partial charge in [-0.2, -0.15) is 0 Å². The Labute approximate surface area is 216 Å². The van der Waals surface area contributed by atoms with Crippen molar-refractivity contribution in [2.75, 3.05) is 0 Å². The molecule has 0 fully saturated rings. The molecule has 0 saturated heterocycles. The Kier molecular flexibility index (Phi) is 13.3. The maximum Gasteiger partial charge on any atom is 0.304 e. The van der Waals surface area contributed by atoms with Gasteiger partial charge in [-0.25, -0.2) is 0 Å². The van der Waals surface area contributed by atoms with Crippen LogP contribution in [0.25, 0.3) is 0 Å². The SMILES string of the molecule is O=C(O)CC(C1=CCCCCCCCC1)(C1=CCCCCCCCC1)C1=CCCCCCCCC1. The molecule has 2 nitrogen and oxygen atoms in total. The second-order valence-electron chi connectivity index (χ2n) is 11.6. The van der Waals surface area contributed by atoms with Gasteiger partial charge in [0, 0.05) is 5.41 Å². The summed E-state index contributed by atoms with van der Waals surface area (Å²) >= 11 is 0. The lowest BCUT2D eigenvalue weighted by molar-refractivity contribution is -0.138. The monoisotopic (exact) mass is 482 g/mol. The molecule has 0 amide bonds. The predicted octanol–water partition coefficient (Wildman–Crippen LogP) is 10.6. The largest absolute Gasteiger partial charge is 0.481 e. The predicted molar refractivity (Wildman–Crippen MR) is 150 cm³/mol. The van der Waals surface area contributed by atoms with E-state index in [1.165, 1.54) is 132 Å². The molecule has 0 saturated carbocycles. The summed E-state index contributed by atoms with van der Waals surface area (Å²) in [6.45, 7) is 0. The van der Waals surface area contributed by atoms with E-state index in [1.54, 1.807) is 0 Å². The molecule has 0 heterocycles. The van der Waals surface area contributed by atoms with E-state index in [9.17, 15) is 9.90 Å². The van der Waals surface area contributed by atoms with Gasteiger partial charge in [0.2, 0.25) is 0 Å². The lowest BCUT2D eigenvalue weighted by Gasteiger charge is -2.42. The van der Waals surface area contributed by atoms with Crippen LogP contribution in [0, 0.1) is 5.41 Å². The molecular formula is C33H54O2. The van der Waals surface area contributed by atoms with Crippen molar-refractivity contribution in [1.29, 1.82) is 0 Å². The highest BCUT2D eigenvalue weighted by Gasteiger charge is 2.42. The lowest BCUT2D eigenvalue weighted by Crippen LogP contribution is -2.33. The van der Waals surface area contributed by atoms with Crippen LogP contribution in [0.4, 0.5) is 0 Å². The molecular weight excluding hydrogens is 428 g/mol. The Balaban J connectivity index is 2.12. The van der Waals surface area contributed by atoms with Gasteiger partial charge >= 0.3 is 5.97 Å². The lowest BCUT2D eigenvalue weighted by atomic mass is 9.61. The van der Waals surface area contributed by atoms with E-state index in [4.69, 9.17) is 0 Å².